The lowest BCUT2D eigenvalue weighted by Crippen LogP contribution is -2.30. The first kappa shape index (κ1) is 14.3. The summed E-state index contributed by atoms with van der Waals surface area (Å²) in [4.78, 5) is 14.0. The molecule has 0 radical (unpaired) electrons. The van der Waals surface area contributed by atoms with Crippen molar-refractivity contribution in [1.82, 2.24) is 15.1 Å². The van der Waals surface area contributed by atoms with E-state index >= 15 is 0 Å². The number of hydrogen-bond acceptors (Lipinski definition) is 2. The third kappa shape index (κ3) is 2.74. The van der Waals surface area contributed by atoms with Gasteiger partial charge in [0.05, 0.1) is 5.69 Å². The number of aromatic nitrogens is 2. The lowest BCUT2D eigenvalue weighted by molar-refractivity contribution is 0.0767. The van der Waals surface area contributed by atoms with E-state index in [4.69, 9.17) is 0 Å². The van der Waals surface area contributed by atoms with Gasteiger partial charge in [0.25, 0.3) is 5.91 Å². The van der Waals surface area contributed by atoms with Crippen molar-refractivity contribution in [2.75, 3.05) is 13.1 Å². The zero-order valence-electron chi connectivity index (χ0n) is 12.5. The van der Waals surface area contributed by atoms with Gasteiger partial charge in [-0.05, 0) is 51.0 Å². The van der Waals surface area contributed by atoms with Crippen molar-refractivity contribution in [1.29, 1.82) is 0 Å². The predicted molar refractivity (Wildman–Crippen MR) is 80.7 cm³/mol. The van der Waals surface area contributed by atoms with E-state index in [1.165, 1.54) is 11.1 Å². The Labute approximate surface area is 119 Å². The third-order valence-electron chi connectivity index (χ3n) is 3.66. The molecule has 2 rings (SSSR count). The molecule has 0 saturated heterocycles. The van der Waals surface area contributed by atoms with Crippen LogP contribution in [0.1, 0.15) is 35.5 Å². The van der Waals surface area contributed by atoms with Crippen molar-refractivity contribution in [2.45, 2.75) is 27.7 Å². The fraction of sp³-hybridized carbons (Fsp3) is 0.375. The molecule has 20 heavy (non-hydrogen) atoms. The highest BCUT2D eigenvalue weighted by atomic mass is 16.2. The van der Waals surface area contributed by atoms with Gasteiger partial charge in [-0.15, -0.1) is 0 Å². The van der Waals surface area contributed by atoms with Crippen LogP contribution in [0.3, 0.4) is 0 Å². The number of aryl methyl sites for hydroxylation is 2. The Kier molecular flexibility index (Phi) is 4.23. The van der Waals surface area contributed by atoms with Crippen molar-refractivity contribution in [3.8, 4) is 11.3 Å². The van der Waals surface area contributed by atoms with Crippen LogP contribution in [0.4, 0.5) is 0 Å². The summed E-state index contributed by atoms with van der Waals surface area (Å²) >= 11 is 0. The Morgan fingerprint density at radius 1 is 1.15 bits per heavy atom. The number of nitrogens with zero attached hydrogens (tertiary/aromatic N) is 2. The molecule has 0 aliphatic rings. The SMILES string of the molecule is CCN(CC)C(=O)c1cc(-c2ccc(C)c(C)c2)n[nH]1. The summed E-state index contributed by atoms with van der Waals surface area (Å²) in [5, 5.41) is 7.10. The van der Waals surface area contributed by atoms with Gasteiger partial charge < -0.3 is 4.90 Å². The molecular formula is C16H21N3O. The van der Waals surface area contributed by atoms with Crippen LogP contribution >= 0.6 is 0 Å². The monoisotopic (exact) mass is 271 g/mol. The summed E-state index contributed by atoms with van der Waals surface area (Å²) in [5.74, 6) is -0.00224. The molecule has 0 bridgehead atoms. The first-order valence-electron chi connectivity index (χ1n) is 6.99. The molecule has 0 aliphatic carbocycles. The normalized spacial score (nSPS) is 10.6. The average molecular weight is 271 g/mol. The summed E-state index contributed by atoms with van der Waals surface area (Å²) in [5.41, 5.74) is 4.86. The summed E-state index contributed by atoms with van der Waals surface area (Å²) < 4.78 is 0. The van der Waals surface area contributed by atoms with Gasteiger partial charge in [-0.1, -0.05) is 12.1 Å². The molecule has 0 fully saturated rings. The minimum Gasteiger partial charge on any atom is -0.338 e. The fourth-order valence-corrected chi connectivity index (χ4v) is 2.16. The maximum atomic E-state index is 12.2. The van der Waals surface area contributed by atoms with E-state index in [-0.39, 0.29) is 5.91 Å². The molecule has 4 nitrogen and oxygen atoms in total. The van der Waals surface area contributed by atoms with E-state index in [1.54, 1.807) is 4.90 Å². The van der Waals surface area contributed by atoms with Crippen LogP contribution < -0.4 is 0 Å². The van der Waals surface area contributed by atoms with Crippen molar-refractivity contribution in [2.24, 2.45) is 0 Å². The number of benzene rings is 1. The number of nitrogens with one attached hydrogen (secondary N) is 1. The molecular weight excluding hydrogens is 250 g/mol. The highest BCUT2D eigenvalue weighted by Gasteiger charge is 2.15. The minimum absolute atomic E-state index is 0.00224. The molecule has 1 heterocycles. The molecule has 0 atom stereocenters. The van der Waals surface area contributed by atoms with E-state index in [0.29, 0.717) is 18.8 Å². The van der Waals surface area contributed by atoms with Crippen LogP contribution in [0, 0.1) is 13.8 Å². The quantitative estimate of drug-likeness (QED) is 0.928. The largest absolute Gasteiger partial charge is 0.338 e. The molecule has 2 aromatic rings. The summed E-state index contributed by atoms with van der Waals surface area (Å²) in [6, 6.07) is 8.03. The number of aromatic amines is 1. The molecule has 0 aliphatic heterocycles. The van der Waals surface area contributed by atoms with Gasteiger partial charge in [-0.25, -0.2) is 0 Å². The maximum Gasteiger partial charge on any atom is 0.271 e. The van der Waals surface area contributed by atoms with E-state index in [9.17, 15) is 4.79 Å². The molecule has 106 valence electrons. The molecule has 1 aromatic heterocycles. The number of amides is 1. The lowest BCUT2D eigenvalue weighted by Gasteiger charge is -2.16. The van der Waals surface area contributed by atoms with Gasteiger partial charge in [-0.2, -0.15) is 5.10 Å². The first-order valence-corrected chi connectivity index (χ1v) is 6.99. The minimum atomic E-state index is -0.00224. The van der Waals surface area contributed by atoms with Gasteiger partial charge in [0.15, 0.2) is 0 Å². The summed E-state index contributed by atoms with van der Waals surface area (Å²) in [7, 11) is 0. The van der Waals surface area contributed by atoms with Gasteiger partial charge in [0, 0.05) is 18.7 Å². The summed E-state index contributed by atoms with van der Waals surface area (Å²) in [6.45, 7) is 9.51. The lowest BCUT2D eigenvalue weighted by atomic mass is 10.0. The van der Waals surface area contributed by atoms with Gasteiger partial charge in [0.1, 0.15) is 5.69 Å². The Balaban J connectivity index is 2.28. The molecule has 1 N–H and O–H groups in total. The first-order chi connectivity index (χ1) is 9.56. The van der Waals surface area contributed by atoms with Gasteiger partial charge in [0.2, 0.25) is 0 Å². The second-order valence-corrected chi connectivity index (χ2v) is 4.94. The van der Waals surface area contributed by atoms with Crippen molar-refractivity contribution in [3.63, 3.8) is 0 Å². The molecule has 0 unspecified atom stereocenters. The number of H-pyrrole nitrogens is 1. The Morgan fingerprint density at radius 2 is 1.85 bits per heavy atom. The van der Waals surface area contributed by atoms with Crippen molar-refractivity contribution >= 4 is 5.91 Å². The van der Waals surface area contributed by atoms with Crippen LogP contribution in [0.25, 0.3) is 11.3 Å². The van der Waals surface area contributed by atoms with Crippen LogP contribution in [0.15, 0.2) is 24.3 Å². The molecule has 0 spiro atoms. The van der Waals surface area contributed by atoms with Crippen molar-refractivity contribution < 1.29 is 4.79 Å². The third-order valence-corrected chi connectivity index (χ3v) is 3.66. The Bertz CT molecular complexity index is 612. The van der Waals surface area contributed by atoms with E-state index in [0.717, 1.165) is 11.3 Å². The zero-order valence-corrected chi connectivity index (χ0v) is 12.5. The average Bonchev–Trinajstić information content (AvgIpc) is 2.93. The number of hydrogen-bond donors (Lipinski definition) is 1. The topological polar surface area (TPSA) is 49.0 Å². The van der Waals surface area contributed by atoms with Crippen LogP contribution in [0.2, 0.25) is 0 Å². The van der Waals surface area contributed by atoms with E-state index < -0.39 is 0 Å². The van der Waals surface area contributed by atoms with Crippen molar-refractivity contribution in [3.05, 3.63) is 41.1 Å². The number of carbonyl (C=O) groups is 1. The maximum absolute atomic E-state index is 12.2. The molecule has 1 amide bonds. The second kappa shape index (κ2) is 5.90. The standard InChI is InChI=1S/C16H21N3O/c1-5-19(6-2)16(20)15-10-14(17-18-15)13-8-7-11(3)12(4)9-13/h7-10H,5-6H2,1-4H3,(H,17,18). The predicted octanol–water partition coefficient (Wildman–Crippen LogP) is 3.18. The van der Waals surface area contributed by atoms with E-state index in [2.05, 4.69) is 36.2 Å². The molecule has 0 saturated carbocycles. The second-order valence-electron chi connectivity index (χ2n) is 4.94. The molecule has 4 heteroatoms. The van der Waals surface area contributed by atoms with E-state index in [1.807, 2.05) is 26.0 Å². The highest BCUT2D eigenvalue weighted by Crippen LogP contribution is 2.21. The van der Waals surface area contributed by atoms with Crippen LogP contribution in [-0.2, 0) is 0 Å². The van der Waals surface area contributed by atoms with Crippen LogP contribution in [-0.4, -0.2) is 34.1 Å². The Hall–Kier alpha value is -2.10. The van der Waals surface area contributed by atoms with Gasteiger partial charge >= 0.3 is 0 Å². The van der Waals surface area contributed by atoms with Gasteiger partial charge in [-0.3, -0.25) is 9.89 Å². The summed E-state index contributed by atoms with van der Waals surface area (Å²) in [6.07, 6.45) is 0. The molecule has 1 aromatic carbocycles. The Morgan fingerprint density at radius 3 is 2.45 bits per heavy atom. The number of rotatable bonds is 4. The highest BCUT2D eigenvalue weighted by molar-refractivity contribution is 5.93. The fourth-order valence-electron chi connectivity index (χ4n) is 2.16. The smallest absolute Gasteiger partial charge is 0.271 e. The number of carbonyl (C=O) groups excluding carboxylic acids is 1. The van der Waals surface area contributed by atoms with Crippen LogP contribution in [0.5, 0.6) is 0 Å². The zero-order chi connectivity index (χ0) is 14.7.